The summed E-state index contributed by atoms with van der Waals surface area (Å²) in [5.74, 6) is -0.319. The molecule has 0 aliphatic carbocycles. The molecule has 0 saturated carbocycles. The number of hydrogen-bond acceptors (Lipinski definition) is 6. The summed E-state index contributed by atoms with van der Waals surface area (Å²) in [5, 5.41) is 4.40. The number of nitrogens with zero attached hydrogens (tertiary/aromatic N) is 2. The smallest absolute Gasteiger partial charge is 0.327 e. The summed E-state index contributed by atoms with van der Waals surface area (Å²) in [4.78, 5) is 31.2. The molecule has 4 aromatic rings. The van der Waals surface area contributed by atoms with Crippen molar-refractivity contribution < 1.29 is 13.2 Å². The first-order valence-electron chi connectivity index (χ1n) is 9.32. The van der Waals surface area contributed by atoms with Crippen LogP contribution in [0.1, 0.15) is 10.4 Å². The average molecular weight is 458 g/mol. The highest BCUT2D eigenvalue weighted by atomic mass is 32.2. The fourth-order valence-electron chi connectivity index (χ4n) is 3.05. The first kappa shape index (κ1) is 21.0. The summed E-state index contributed by atoms with van der Waals surface area (Å²) >= 11 is 1.13. The minimum absolute atomic E-state index is 0.0772. The van der Waals surface area contributed by atoms with E-state index in [-0.39, 0.29) is 28.9 Å². The molecule has 0 bridgehead atoms. The highest BCUT2D eigenvalue weighted by Crippen LogP contribution is 2.22. The lowest BCUT2D eigenvalue weighted by molar-refractivity contribution is 0.0954. The number of nitrogens with one attached hydrogen (secondary N) is 3. The normalized spacial score (nSPS) is 11.6. The lowest BCUT2D eigenvalue weighted by atomic mass is 10.0. The number of carbonyl (C=O) groups excluding carboxylic acids is 1. The Kier molecular flexibility index (Phi) is 5.72. The van der Waals surface area contributed by atoms with Crippen LogP contribution in [0.25, 0.3) is 22.3 Å². The average Bonchev–Trinajstić information content (AvgIpc) is 3.41. The molecule has 31 heavy (non-hydrogen) atoms. The van der Waals surface area contributed by atoms with Gasteiger partial charge in [-0.15, -0.1) is 11.3 Å². The minimum atomic E-state index is -3.56. The number of pyridine rings is 1. The van der Waals surface area contributed by atoms with E-state index in [1.165, 1.54) is 10.6 Å². The Hall–Kier alpha value is -3.28. The van der Waals surface area contributed by atoms with Gasteiger partial charge in [-0.05, 0) is 35.2 Å². The Morgan fingerprint density at radius 2 is 2.00 bits per heavy atom. The van der Waals surface area contributed by atoms with Gasteiger partial charge < -0.3 is 5.32 Å². The van der Waals surface area contributed by atoms with E-state index >= 15 is 0 Å². The Balaban J connectivity index is 1.43. The number of aromatic amines is 1. The number of aryl methyl sites for hydroxylation is 1. The van der Waals surface area contributed by atoms with E-state index in [9.17, 15) is 18.0 Å². The standard InChI is InChI=1S/C20H19N5O4S2/c1-25-16-11-15(12-22-18(16)24-20(25)27)13-4-2-5-14(10-13)19(26)21-7-8-23-31(28,29)17-6-3-9-30-17/h2-6,9-12,23H,7-8H2,1H3,(H,21,26)(H,22,24,27). The predicted octanol–water partition coefficient (Wildman–Crippen LogP) is 1.70. The van der Waals surface area contributed by atoms with Crippen LogP contribution in [0.2, 0.25) is 0 Å². The van der Waals surface area contributed by atoms with Gasteiger partial charge in [0.2, 0.25) is 10.0 Å². The maximum absolute atomic E-state index is 12.5. The number of carbonyl (C=O) groups is 1. The monoisotopic (exact) mass is 457 g/mol. The number of rotatable bonds is 7. The van der Waals surface area contributed by atoms with Gasteiger partial charge in [-0.2, -0.15) is 0 Å². The molecule has 3 aromatic heterocycles. The molecule has 0 spiro atoms. The van der Waals surface area contributed by atoms with Crippen molar-refractivity contribution in [2.45, 2.75) is 4.21 Å². The molecule has 0 unspecified atom stereocenters. The Morgan fingerprint density at radius 3 is 2.77 bits per heavy atom. The summed E-state index contributed by atoms with van der Waals surface area (Å²) in [6.45, 7) is 0.223. The third-order valence-electron chi connectivity index (χ3n) is 4.68. The minimum Gasteiger partial charge on any atom is -0.351 e. The highest BCUT2D eigenvalue weighted by Gasteiger charge is 2.14. The zero-order valence-corrected chi connectivity index (χ0v) is 18.1. The second-order valence-electron chi connectivity index (χ2n) is 6.75. The molecule has 160 valence electrons. The molecular weight excluding hydrogens is 438 g/mol. The summed E-state index contributed by atoms with van der Waals surface area (Å²) in [5.41, 5.74) is 2.88. The van der Waals surface area contributed by atoms with Crippen LogP contribution in [-0.2, 0) is 17.1 Å². The van der Waals surface area contributed by atoms with Gasteiger partial charge in [-0.25, -0.2) is 22.9 Å². The zero-order valence-electron chi connectivity index (χ0n) is 16.5. The lowest BCUT2D eigenvalue weighted by Crippen LogP contribution is -2.34. The van der Waals surface area contributed by atoms with Crippen LogP contribution >= 0.6 is 11.3 Å². The van der Waals surface area contributed by atoms with E-state index < -0.39 is 10.0 Å². The molecule has 3 N–H and O–H groups in total. The topological polar surface area (TPSA) is 126 Å². The molecule has 1 amide bonds. The van der Waals surface area contributed by atoms with Gasteiger partial charge >= 0.3 is 5.69 Å². The van der Waals surface area contributed by atoms with Crippen molar-refractivity contribution in [2.75, 3.05) is 13.1 Å². The maximum Gasteiger partial charge on any atom is 0.327 e. The number of hydrogen-bond donors (Lipinski definition) is 3. The Bertz CT molecular complexity index is 1410. The van der Waals surface area contributed by atoms with Crippen LogP contribution in [0, 0.1) is 0 Å². The fourth-order valence-corrected chi connectivity index (χ4v) is 5.12. The van der Waals surface area contributed by atoms with Crippen LogP contribution < -0.4 is 15.7 Å². The van der Waals surface area contributed by atoms with Crippen molar-refractivity contribution in [3.63, 3.8) is 0 Å². The Morgan fingerprint density at radius 1 is 1.16 bits per heavy atom. The van der Waals surface area contributed by atoms with Gasteiger partial charge in [0.25, 0.3) is 5.91 Å². The van der Waals surface area contributed by atoms with Gasteiger partial charge in [-0.1, -0.05) is 18.2 Å². The van der Waals surface area contributed by atoms with E-state index in [2.05, 4.69) is 20.0 Å². The van der Waals surface area contributed by atoms with Gasteiger partial charge in [0.1, 0.15) is 4.21 Å². The number of amides is 1. The van der Waals surface area contributed by atoms with Crippen LogP contribution in [0.4, 0.5) is 0 Å². The van der Waals surface area contributed by atoms with Gasteiger partial charge in [-0.3, -0.25) is 14.3 Å². The number of benzene rings is 1. The molecule has 0 radical (unpaired) electrons. The quantitative estimate of drug-likeness (QED) is 0.364. The van der Waals surface area contributed by atoms with E-state index in [1.54, 1.807) is 42.9 Å². The molecule has 1 aromatic carbocycles. The second-order valence-corrected chi connectivity index (χ2v) is 9.69. The highest BCUT2D eigenvalue weighted by molar-refractivity contribution is 7.91. The van der Waals surface area contributed by atoms with E-state index in [0.717, 1.165) is 22.5 Å². The molecule has 0 saturated heterocycles. The first-order valence-corrected chi connectivity index (χ1v) is 11.7. The van der Waals surface area contributed by atoms with Crippen LogP contribution in [0.15, 0.2) is 63.0 Å². The number of sulfonamides is 1. The summed E-state index contributed by atoms with van der Waals surface area (Å²) in [6, 6.07) is 12.0. The van der Waals surface area contributed by atoms with Gasteiger partial charge in [0.15, 0.2) is 5.65 Å². The molecular formula is C20H19N5O4S2. The summed E-state index contributed by atoms with van der Waals surface area (Å²) in [7, 11) is -1.90. The number of imidazole rings is 1. The molecule has 0 fully saturated rings. The molecule has 9 nitrogen and oxygen atoms in total. The van der Waals surface area contributed by atoms with Crippen molar-refractivity contribution in [2.24, 2.45) is 7.05 Å². The molecule has 4 rings (SSSR count). The second kappa shape index (κ2) is 8.46. The van der Waals surface area contributed by atoms with Crippen molar-refractivity contribution >= 4 is 38.4 Å². The lowest BCUT2D eigenvalue weighted by Gasteiger charge is -2.08. The van der Waals surface area contributed by atoms with Crippen molar-refractivity contribution in [3.05, 3.63) is 70.1 Å². The molecule has 0 atom stereocenters. The van der Waals surface area contributed by atoms with E-state index in [1.807, 2.05) is 12.1 Å². The molecule has 3 heterocycles. The van der Waals surface area contributed by atoms with Crippen molar-refractivity contribution in [3.8, 4) is 11.1 Å². The van der Waals surface area contributed by atoms with Crippen LogP contribution in [-0.4, -0.2) is 41.9 Å². The van der Waals surface area contributed by atoms with Gasteiger partial charge in [0, 0.05) is 37.5 Å². The molecule has 0 aliphatic rings. The van der Waals surface area contributed by atoms with Crippen molar-refractivity contribution in [1.82, 2.24) is 24.6 Å². The molecule has 11 heteroatoms. The molecule has 0 aliphatic heterocycles. The van der Waals surface area contributed by atoms with Gasteiger partial charge in [0.05, 0.1) is 5.52 Å². The number of H-pyrrole nitrogens is 1. The Labute approximate surface area is 181 Å². The number of thiophene rings is 1. The number of fused-ring (bicyclic) bond motifs is 1. The fraction of sp³-hybridized carbons (Fsp3) is 0.150. The third-order valence-corrected chi connectivity index (χ3v) is 7.54. The summed E-state index contributed by atoms with van der Waals surface area (Å²) in [6.07, 6.45) is 1.63. The van der Waals surface area contributed by atoms with Crippen molar-refractivity contribution in [1.29, 1.82) is 0 Å². The SMILES string of the molecule is Cn1c(=O)[nH]c2ncc(-c3cccc(C(=O)NCCNS(=O)(=O)c4cccs4)c3)cc21. The zero-order chi connectivity index (χ0) is 22.0. The van der Waals surface area contributed by atoms with Crippen LogP contribution in [0.3, 0.4) is 0 Å². The summed E-state index contributed by atoms with van der Waals surface area (Å²) < 4.78 is 28.3. The predicted molar refractivity (Wildman–Crippen MR) is 119 cm³/mol. The van der Waals surface area contributed by atoms with E-state index in [0.29, 0.717) is 16.7 Å². The van der Waals surface area contributed by atoms with E-state index in [4.69, 9.17) is 0 Å². The third kappa shape index (κ3) is 4.43. The number of aromatic nitrogens is 3. The maximum atomic E-state index is 12.5. The first-order chi connectivity index (χ1) is 14.8. The van der Waals surface area contributed by atoms with Crippen LogP contribution in [0.5, 0.6) is 0 Å². The largest absolute Gasteiger partial charge is 0.351 e.